The van der Waals surface area contributed by atoms with E-state index in [2.05, 4.69) is 5.32 Å². The monoisotopic (exact) mass is 275 g/mol. The van der Waals surface area contributed by atoms with Crippen molar-refractivity contribution in [3.05, 3.63) is 34.9 Å². The molecule has 0 bridgehead atoms. The minimum atomic E-state index is -0.795. The summed E-state index contributed by atoms with van der Waals surface area (Å²) in [6, 6.07) is 5.58. The van der Waals surface area contributed by atoms with Gasteiger partial charge < -0.3 is 10.4 Å². The van der Waals surface area contributed by atoms with Crippen LogP contribution in [0.4, 0.5) is 0 Å². The number of nitrogens with one attached hydrogen (secondary N) is 1. The Balaban J connectivity index is 2.08. The van der Waals surface area contributed by atoms with Crippen molar-refractivity contribution in [2.45, 2.75) is 39.5 Å². The second-order valence-corrected chi connectivity index (χ2v) is 5.72. The van der Waals surface area contributed by atoms with Gasteiger partial charge in [0.1, 0.15) is 0 Å². The minimum absolute atomic E-state index is 0.182. The van der Waals surface area contributed by atoms with E-state index in [-0.39, 0.29) is 12.5 Å². The van der Waals surface area contributed by atoms with Gasteiger partial charge in [-0.05, 0) is 43.9 Å². The van der Waals surface area contributed by atoms with Crippen molar-refractivity contribution < 1.29 is 14.7 Å². The number of carbonyl (C=O) groups is 2. The molecule has 1 aromatic carbocycles. The van der Waals surface area contributed by atoms with Gasteiger partial charge in [-0.15, -0.1) is 0 Å². The molecule has 0 spiro atoms. The van der Waals surface area contributed by atoms with Crippen LogP contribution in [0.2, 0.25) is 0 Å². The number of hydrogen-bond donors (Lipinski definition) is 2. The molecular formula is C16H21NO3. The Morgan fingerprint density at radius 3 is 2.50 bits per heavy atom. The fourth-order valence-electron chi connectivity index (χ4n) is 2.86. The van der Waals surface area contributed by atoms with Crippen LogP contribution in [0.1, 0.15) is 47.2 Å². The first-order chi connectivity index (χ1) is 9.46. The molecule has 1 aliphatic carbocycles. The summed E-state index contributed by atoms with van der Waals surface area (Å²) in [7, 11) is 0. The SMILES string of the molecule is Cc1cccc(C(=O)NCC2(C(=O)O)CCCC2)c1C. The summed E-state index contributed by atoms with van der Waals surface area (Å²) in [4.78, 5) is 23.7. The van der Waals surface area contributed by atoms with E-state index >= 15 is 0 Å². The highest BCUT2D eigenvalue weighted by molar-refractivity contribution is 5.96. The molecule has 108 valence electrons. The second-order valence-electron chi connectivity index (χ2n) is 5.72. The van der Waals surface area contributed by atoms with Crippen LogP contribution >= 0.6 is 0 Å². The van der Waals surface area contributed by atoms with Gasteiger partial charge in [-0.25, -0.2) is 0 Å². The van der Waals surface area contributed by atoms with Crippen molar-refractivity contribution >= 4 is 11.9 Å². The van der Waals surface area contributed by atoms with Crippen molar-refractivity contribution in [2.75, 3.05) is 6.54 Å². The van der Waals surface area contributed by atoms with E-state index in [4.69, 9.17) is 0 Å². The summed E-state index contributed by atoms with van der Waals surface area (Å²) >= 11 is 0. The van der Waals surface area contributed by atoms with Gasteiger partial charge >= 0.3 is 5.97 Å². The van der Waals surface area contributed by atoms with Gasteiger partial charge in [-0.2, -0.15) is 0 Å². The number of aryl methyl sites for hydroxylation is 1. The average Bonchev–Trinajstić information content (AvgIpc) is 2.89. The Bertz CT molecular complexity index is 531. The smallest absolute Gasteiger partial charge is 0.311 e. The second kappa shape index (κ2) is 5.65. The molecule has 4 heteroatoms. The first-order valence-electron chi connectivity index (χ1n) is 7.04. The van der Waals surface area contributed by atoms with E-state index in [0.29, 0.717) is 18.4 Å². The Morgan fingerprint density at radius 2 is 1.90 bits per heavy atom. The maximum absolute atomic E-state index is 12.2. The Kier molecular flexibility index (Phi) is 4.12. The third-order valence-electron chi connectivity index (χ3n) is 4.45. The highest BCUT2D eigenvalue weighted by Gasteiger charge is 2.41. The molecular weight excluding hydrogens is 254 g/mol. The number of rotatable bonds is 4. The van der Waals surface area contributed by atoms with Gasteiger partial charge in [0, 0.05) is 12.1 Å². The summed E-state index contributed by atoms with van der Waals surface area (Å²) in [6.07, 6.45) is 3.14. The Labute approximate surface area is 119 Å². The molecule has 1 fully saturated rings. The molecule has 0 heterocycles. The van der Waals surface area contributed by atoms with Gasteiger partial charge in [0.25, 0.3) is 5.91 Å². The number of amides is 1. The van der Waals surface area contributed by atoms with E-state index in [9.17, 15) is 14.7 Å². The minimum Gasteiger partial charge on any atom is -0.481 e. The molecule has 20 heavy (non-hydrogen) atoms. The summed E-state index contributed by atoms with van der Waals surface area (Å²) < 4.78 is 0. The quantitative estimate of drug-likeness (QED) is 0.887. The van der Waals surface area contributed by atoms with Crippen LogP contribution in [0.3, 0.4) is 0 Å². The number of hydrogen-bond acceptors (Lipinski definition) is 2. The van der Waals surface area contributed by atoms with Crippen LogP contribution in [-0.4, -0.2) is 23.5 Å². The standard InChI is InChI=1S/C16H21NO3/c1-11-6-5-7-13(12(11)2)14(18)17-10-16(15(19)20)8-3-4-9-16/h5-7H,3-4,8-10H2,1-2H3,(H,17,18)(H,19,20). The maximum atomic E-state index is 12.2. The fraction of sp³-hybridized carbons (Fsp3) is 0.500. The molecule has 2 N–H and O–H groups in total. The first kappa shape index (κ1) is 14.6. The summed E-state index contributed by atoms with van der Waals surface area (Å²) in [5.41, 5.74) is 1.86. The van der Waals surface area contributed by atoms with E-state index in [1.165, 1.54) is 0 Å². The van der Waals surface area contributed by atoms with Crippen molar-refractivity contribution in [2.24, 2.45) is 5.41 Å². The van der Waals surface area contributed by atoms with Crippen LogP contribution in [0.5, 0.6) is 0 Å². The molecule has 0 unspecified atom stereocenters. The van der Waals surface area contributed by atoms with Crippen LogP contribution in [0, 0.1) is 19.3 Å². The molecule has 4 nitrogen and oxygen atoms in total. The lowest BCUT2D eigenvalue weighted by molar-refractivity contribution is -0.148. The van der Waals surface area contributed by atoms with E-state index in [0.717, 1.165) is 24.0 Å². The van der Waals surface area contributed by atoms with E-state index in [1.54, 1.807) is 6.07 Å². The lowest BCUT2D eigenvalue weighted by atomic mass is 9.86. The number of benzene rings is 1. The lowest BCUT2D eigenvalue weighted by Gasteiger charge is -2.24. The highest BCUT2D eigenvalue weighted by atomic mass is 16.4. The van der Waals surface area contributed by atoms with Crippen molar-refractivity contribution in [3.8, 4) is 0 Å². The van der Waals surface area contributed by atoms with Gasteiger partial charge in [-0.1, -0.05) is 25.0 Å². The zero-order valence-corrected chi connectivity index (χ0v) is 12.0. The fourth-order valence-corrected chi connectivity index (χ4v) is 2.86. The van der Waals surface area contributed by atoms with E-state index in [1.807, 2.05) is 26.0 Å². The molecule has 1 amide bonds. The van der Waals surface area contributed by atoms with Crippen LogP contribution in [0.15, 0.2) is 18.2 Å². The van der Waals surface area contributed by atoms with Gasteiger partial charge in [0.2, 0.25) is 0 Å². The van der Waals surface area contributed by atoms with Crippen LogP contribution in [-0.2, 0) is 4.79 Å². The number of carboxylic acids is 1. The normalized spacial score (nSPS) is 16.9. The molecule has 1 aromatic rings. The third kappa shape index (κ3) is 2.69. The molecule has 0 atom stereocenters. The number of aliphatic carboxylic acids is 1. The van der Waals surface area contributed by atoms with Crippen LogP contribution in [0.25, 0.3) is 0 Å². The zero-order chi connectivity index (χ0) is 14.8. The van der Waals surface area contributed by atoms with Crippen LogP contribution < -0.4 is 5.32 Å². The van der Waals surface area contributed by atoms with Crippen molar-refractivity contribution in [1.29, 1.82) is 0 Å². The zero-order valence-electron chi connectivity index (χ0n) is 12.0. The third-order valence-corrected chi connectivity index (χ3v) is 4.45. The predicted octanol–water partition coefficient (Wildman–Crippen LogP) is 2.68. The molecule has 0 aromatic heterocycles. The van der Waals surface area contributed by atoms with Gasteiger partial charge in [0.15, 0.2) is 0 Å². The van der Waals surface area contributed by atoms with Crippen molar-refractivity contribution in [1.82, 2.24) is 5.32 Å². The summed E-state index contributed by atoms with van der Waals surface area (Å²) in [5, 5.41) is 12.2. The molecule has 0 saturated heterocycles. The molecule has 0 radical (unpaired) electrons. The first-order valence-corrected chi connectivity index (χ1v) is 7.04. The lowest BCUT2D eigenvalue weighted by Crippen LogP contribution is -2.41. The average molecular weight is 275 g/mol. The van der Waals surface area contributed by atoms with Crippen molar-refractivity contribution in [3.63, 3.8) is 0 Å². The molecule has 1 aliphatic rings. The number of carboxylic acid groups (broad SMARTS) is 1. The summed E-state index contributed by atoms with van der Waals surface area (Å²) in [6.45, 7) is 4.09. The van der Waals surface area contributed by atoms with Gasteiger partial charge in [0.05, 0.1) is 5.41 Å². The Hall–Kier alpha value is -1.84. The molecule has 2 rings (SSSR count). The largest absolute Gasteiger partial charge is 0.481 e. The topological polar surface area (TPSA) is 66.4 Å². The van der Waals surface area contributed by atoms with E-state index < -0.39 is 11.4 Å². The number of carbonyl (C=O) groups excluding carboxylic acids is 1. The molecule has 0 aliphatic heterocycles. The highest BCUT2D eigenvalue weighted by Crippen LogP contribution is 2.37. The predicted molar refractivity (Wildman–Crippen MR) is 76.8 cm³/mol. The Morgan fingerprint density at radius 1 is 1.25 bits per heavy atom. The molecule has 1 saturated carbocycles. The summed E-state index contributed by atoms with van der Waals surface area (Å²) in [5.74, 6) is -0.977. The van der Waals surface area contributed by atoms with Gasteiger partial charge in [-0.3, -0.25) is 9.59 Å². The maximum Gasteiger partial charge on any atom is 0.311 e.